The second-order valence-corrected chi connectivity index (χ2v) is 12.8. The van der Waals surface area contributed by atoms with E-state index in [9.17, 15) is 36.4 Å². The first kappa shape index (κ1) is 39.1. The molecule has 0 saturated carbocycles. The van der Waals surface area contributed by atoms with E-state index in [4.69, 9.17) is 35.4 Å². The molecule has 0 radical (unpaired) electrons. The quantitative estimate of drug-likeness (QED) is 0.0678. The molecule has 0 bridgehead atoms. The van der Waals surface area contributed by atoms with Gasteiger partial charge < -0.3 is 29.3 Å². The minimum absolute atomic E-state index is 0.0750. The van der Waals surface area contributed by atoms with Crippen LogP contribution in [0.4, 0.5) is 14.5 Å². The van der Waals surface area contributed by atoms with E-state index in [2.05, 4.69) is 10.6 Å². The largest absolute Gasteiger partial charge is 0.467 e. The molecule has 0 amide bonds. The third-order valence-corrected chi connectivity index (χ3v) is 8.12. The number of hydrogen-bond acceptors (Lipinski definition) is 12. The average molecular weight is 728 g/mol. The molecule has 266 valence electrons. The smallest absolute Gasteiger partial charge is 0.340 e. The standard InChI is InChI=1S/C32H36ClF2N3O10S/c1-19(38-20(2)31(41)21-12-22(34)14-23(35)13-21)18-48-30(40)8-3-7-29(39)46-10-5-11-47-32(42)25-15-28(49(36,43)44)26(33)16-27(25)37-17-24-6-4-9-45-24/h4,6,9,12-16,19-20,37-38H,3,5,7-8,10-11,17-18H2,1-2H3,(H2,36,43,44). The zero-order valence-electron chi connectivity index (χ0n) is 26.6. The maximum absolute atomic E-state index is 13.4. The molecule has 13 nitrogen and oxygen atoms in total. The second-order valence-electron chi connectivity index (χ2n) is 10.9. The fourth-order valence-electron chi connectivity index (χ4n) is 4.41. The summed E-state index contributed by atoms with van der Waals surface area (Å²) in [4.78, 5) is 49.0. The van der Waals surface area contributed by atoms with Crippen LogP contribution in [0.25, 0.3) is 0 Å². The van der Waals surface area contributed by atoms with Crippen molar-refractivity contribution in [3.8, 4) is 0 Å². The first-order valence-corrected chi connectivity index (χ1v) is 16.9. The molecule has 17 heteroatoms. The highest BCUT2D eigenvalue weighted by atomic mass is 35.5. The summed E-state index contributed by atoms with van der Waals surface area (Å²) in [5, 5.41) is 10.9. The van der Waals surface area contributed by atoms with Crippen molar-refractivity contribution in [3.05, 3.63) is 82.3 Å². The molecule has 49 heavy (non-hydrogen) atoms. The molecule has 0 aliphatic carbocycles. The summed E-state index contributed by atoms with van der Waals surface area (Å²) in [6.45, 7) is 2.99. The highest BCUT2D eigenvalue weighted by Gasteiger charge is 2.22. The molecule has 3 rings (SSSR count). The number of primary sulfonamides is 1. The number of ketones is 1. The normalized spacial score (nSPS) is 12.5. The van der Waals surface area contributed by atoms with Crippen molar-refractivity contribution in [1.82, 2.24) is 5.32 Å². The van der Waals surface area contributed by atoms with Crippen LogP contribution in [0.2, 0.25) is 5.02 Å². The summed E-state index contributed by atoms with van der Waals surface area (Å²) in [7, 11) is -4.25. The molecule has 2 atom stereocenters. The predicted octanol–water partition coefficient (Wildman–Crippen LogP) is 4.52. The Morgan fingerprint density at radius 1 is 0.939 bits per heavy atom. The summed E-state index contributed by atoms with van der Waals surface area (Å²) in [5.74, 6) is -3.77. The molecule has 0 fully saturated rings. The number of Topliss-reactive ketones (excluding diaryl/α,β-unsaturated/α-hetero) is 1. The van der Waals surface area contributed by atoms with Crippen LogP contribution in [0.15, 0.2) is 58.0 Å². The number of nitrogens with one attached hydrogen (secondary N) is 2. The van der Waals surface area contributed by atoms with Crippen LogP contribution in [-0.4, -0.2) is 64.0 Å². The molecule has 1 heterocycles. The Bertz CT molecular complexity index is 1720. The van der Waals surface area contributed by atoms with Crippen LogP contribution in [0.3, 0.4) is 0 Å². The van der Waals surface area contributed by atoms with Gasteiger partial charge in [0.15, 0.2) is 5.78 Å². The first-order valence-electron chi connectivity index (χ1n) is 15.0. The zero-order valence-corrected chi connectivity index (χ0v) is 28.2. The Balaban J connectivity index is 1.34. The molecule has 2 aromatic carbocycles. The van der Waals surface area contributed by atoms with Gasteiger partial charge in [0.05, 0.1) is 48.3 Å². The van der Waals surface area contributed by atoms with Crippen molar-refractivity contribution in [2.45, 2.75) is 63.1 Å². The molecule has 3 aromatic rings. The predicted molar refractivity (Wildman–Crippen MR) is 172 cm³/mol. The van der Waals surface area contributed by atoms with Gasteiger partial charge in [0.25, 0.3) is 0 Å². The summed E-state index contributed by atoms with van der Waals surface area (Å²) in [6.07, 6.45) is 1.58. The second kappa shape index (κ2) is 18.4. The number of benzene rings is 2. The van der Waals surface area contributed by atoms with Gasteiger partial charge in [-0.25, -0.2) is 27.1 Å². The van der Waals surface area contributed by atoms with Gasteiger partial charge in [0.2, 0.25) is 10.0 Å². The van der Waals surface area contributed by atoms with Crippen LogP contribution in [0.1, 0.15) is 66.0 Å². The number of carbonyl (C=O) groups excluding carboxylic acids is 4. The highest BCUT2D eigenvalue weighted by molar-refractivity contribution is 7.89. The third-order valence-electron chi connectivity index (χ3n) is 6.75. The maximum Gasteiger partial charge on any atom is 0.340 e. The number of anilines is 1. The lowest BCUT2D eigenvalue weighted by Gasteiger charge is -2.19. The number of halogens is 3. The molecular formula is C32H36ClF2N3O10S. The molecule has 1 aromatic heterocycles. The first-order chi connectivity index (χ1) is 23.1. The van der Waals surface area contributed by atoms with E-state index >= 15 is 0 Å². The van der Waals surface area contributed by atoms with E-state index in [-0.39, 0.29) is 73.9 Å². The Hall–Kier alpha value is -4.38. The van der Waals surface area contributed by atoms with Gasteiger partial charge in [-0.15, -0.1) is 0 Å². The zero-order chi connectivity index (χ0) is 36.1. The van der Waals surface area contributed by atoms with Gasteiger partial charge in [-0.3, -0.25) is 14.4 Å². The molecule has 0 aliphatic rings. The van der Waals surface area contributed by atoms with E-state index < -0.39 is 62.3 Å². The molecule has 4 N–H and O–H groups in total. The fourth-order valence-corrected chi connectivity index (χ4v) is 5.50. The van der Waals surface area contributed by atoms with Gasteiger partial charge in [0, 0.05) is 36.9 Å². The van der Waals surface area contributed by atoms with Gasteiger partial charge >= 0.3 is 17.9 Å². The van der Waals surface area contributed by atoms with Crippen molar-refractivity contribution in [2.24, 2.45) is 5.14 Å². The Labute approximate surface area is 286 Å². The van der Waals surface area contributed by atoms with Crippen molar-refractivity contribution >= 4 is 51.0 Å². The van der Waals surface area contributed by atoms with Crippen molar-refractivity contribution in [2.75, 3.05) is 25.1 Å². The van der Waals surface area contributed by atoms with Gasteiger partial charge in [-0.1, -0.05) is 11.6 Å². The number of esters is 3. The molecule has 0 spiro atoms. The van der Waals surface area contributed by atoms with E-state index in [0.29, 0.717) is 11.8 Å². The van der Waals surface area contributed by atoms with Crippen molar-refractivity contribution in [1.29, 1.82) is 0 Å². The maximum atomic E-state index is 13.4. The summed E-state index contributed by atoms with van der Waals surface area (Å²) >= 11 is 6.08. The Morgan fingerprint density at radius 3 is 2.22 bits per heavy atom. The fraction of sp³-hybridized carbons (Fsp3) is 0.375. The third kappa shape index (κ3) is 12.9. The highest BCUT2D eigenvalue weighted by Crippen LogP contribution is 2.29. The van der Waals surface area contributed by atoms with Crippen LogP contribution >= 0.6 is 11.6 Å². The lowest BCUT2D eigenvalue weighted by Crippen LogP contribution is -2.42. The monoisotopic (exact) mass is 727 g/mol. The number of hydrogen-bond donors (Lipinski definition) is 3. The SMILES string of the molecule is CC(COC(=O)CCCC(=O)OCCCOC(=O)c1cc(S(N)(=O)=O)c(Cl)cc1NCc1ccco1)NC(C)C(=O)c1cc(F)cc(F)c1. The summed E-state index contributed by atoms with van der Waals surface area (Å²) < 4.78 is 71.5. The minimum atomic E-state index is -4.25. The molecular weight excluding hydrogens is 692 g/mol. The van der Waals surface area contributed by atoms with E-state index in [1.165, 1.54) is 19.3 Å². The number of ether oxygens (including phenoxy) is 3. The number of rotatable bonds is 19. The minimum Gasteiger partial charge on any atom is -0.467 e. The topological polar surface area (TPSA) is 193 Å². The number of furan rings is 1. The van der Waals surface area contributed by atoms with Gasteiger partial charge in [0.1, 0.15) is 28.9 Å². The summed E-state index contributed by atoms with van der Waals surface area (Å²) in [6, 6.07) is 6.88. The Kier molecular flexibility index (Phi) is 14.7. The van der Waals surface area contributed by atoms with Crippen molar-refractivity contribution in [3.63, 3.8) is 0 Å². The van der Waals surface area contributed by atoms with E-state index in [1.54, 1.807) is 19.1 Å². The molecule has 0 aliphatic heterocycles. The number of carbonyl (C=O) groups is 4. The number of sulfonamides is 1. The Morgan fingerprint density at radius 2 is 1.59 bits per heavy atom. The van der Waals surface area contributed by atoms with Crippen LogP contribution in [0, 0.1) is 11.6 Å². The van der Waals surface area contributed by atoms with Crippen LogP contribution in [-0.2, 0) is 40.4 Å². The van der Waals surface area contributed by atoms with Crippen LogP contribution in [0.5, 0.6) is 0 Å². The average Bonchev–Trinajstić information content (AvgIpc) is 3.55. The van der Waals surface area contributed by atoms with E-state index in [1.807, 2.05) is 0 Å². The molecule has 0 saturated heterocycles. The van der Waals surface area contributed by atoms with E-state index in [0.717, 1.165) is 18.2 Å². The van der Waals surface area contributed by atoms with Crippen LogP contribution < -0.4 is 15.8 Å². The van der Waals surface area contributed by atoms with Gasteiger partial charge in [-0.2, -0.15) is 0 Å². The lowest BCUT2D eigenvalue weighted by atomic mass is 10.0. The summed E-state index contributed by atoms with van der Waals surface area (Å²) in [5.41, 5.74) is -0.0899. The molecule has 2 unspecified atom stereocenters. The van der Waals surface area contributed by atoms with Gasteiger partial charge in [-0.05, 0) is 56.7 Å². The van der Waals surface area contributed by atoms with Crippen molar-refractivity contribution < 1.29 is 55.0 Å². The lowest BCUT2D eigenvalue weighted by molar-refractivity contribution is -0.146. The number of nitrogens with two attached hydrogens (primary N) is 1.